The molecule has 0 N–H and O–H groups in total. The second-order valence-corrected chi connectivity index (χ2v) is 7.28. The number of esters is 1. The first kappa shape index (κ1) is 20.0. The molecule has 1 aromatic carbocycles. The molecule has 0 bridgehead atoms. The fraction of sp³-hybridized carbons (Fsp3) is 0.500. The van der Waals surface area contributed by atoms with E-state index in [0.717, 1.165) is 4.90 Å². The fourth-order valence-corrected chi connectivity index (χ4v) is 3.60. The average molecular weight is 388 g/mol. The highest BCUT2D eigenvalue weighted by molar-refractivity contribution is 6.22. The van der Waals surface area contributed by atoms with E-state index in [-0.39, 0.29) is 29.2 Å². The van der Waals surface area contributed by atoms with Crippen LogP contribution in [0.15, 0.2) is 24.3 Å². The van der Waals surface area contributed by atoms with Crippen LogP contribution in [0.2, 0.25) is 0 Å². The van der Waals surface area contributed by atoms with Gasteiger partial charge in [0.1, 0.15) is 6.04 Å². The van der Waals surface area contributed by atoms with Gasteiger partial charge in [-0.05, 0) is 39.8 Å². The summed E-state index contributed by atoms with van der Waals surface area (Å²) in [6, 6.07) is 5.26. The van der Waals surface area contributed by atoms with E-state index in [2.05, 4.69) is 0 Å². The molecule has 150 valence electrons. The van der Waals surface area contributed by atoms with E-state index in [9.17, 15) is 19.2 Å². The first-order valence-corrected chi connectivity index (χ1v) is 9.32. The zero-order valence-electron chi connectivity index (χ0n) is 16.4. The van der Waals surface area contributed by atoms with Gasteiger partial charge in [0, 0.05) is 13.1 Å². The lowest BCUT2D eigenvalue weighted by atomic mass is 10.1. The molecule has 1 fully saturated rings. The number of hydrogen-bond acceptors (Lipinski definition) is 6. The maximum Gasteiger partial charge on any atom is 0.329 e. The summed E-state index contributed by atoms with van der Waals surface area (Å²) in [4.78, 5) is 52.6. The molecular formula is C20H24N2O6. The quantitative estimate of drug-likeness (QED) is 0.569. The fourth-order valence-electron chi connectivity index (χ4n) is 3.60. The Morgan fingerprint density at radius 2 is 1.54 bits per heavy atom. The van der Waals surface area contributed by atoms with E-state index >= 15 is 0 Å². The maximum absolute atomic E-state index is 12.6. The lowest BCUT2D eigenvalue weighted by molar-refractivity contribution is -0.166. The van der Waals surface area contributed by atoms with Gasteiger partial charge in [0.25, 0.3) is 17.7 Å². The molecule has 8 heteroatoms. The van der Waals surface area contributed by atoms with Gasteiger partial charge in [-0.2, -0.15) is 0 Å². The SMILES string of the molecule is CC1CN(C(=O)C(C)OC(=O)C(C)N2C(=O)c3ccccc3C2=O)CC(C)O1. The Labute approximate surface area is 163 Å². The molecule has 2 heterocycles. The molecule has 3 rings (SSSR count). The second kappa shape index (κ2) is 7.71. The standard InChI is InChI=1S/C20H24N2O6/c1-11-9-21(10-12(2)27-11)17(23)14(4)28-20(26)13(3)22-18(24)15-7-5-6-8-16(15)19(22)25/h5-8,11-14H,9-10H2,1-4H3. The number of carbonyl (C=O) groups is 4. The number of rotatable bonds is 4. The number of morpholine rings is 1. The van der Waals surface area contributed by atoms with Crippen molar-refractivity contribution in [1.29, 1.82) is 0 Å². The summed E-state index contributed by atoms with van der Waals surface area (Å²) in [7, 11) is 0. The zero-order chi connectivity index (χ0) is 20.6. The zero-order valence-corrected chi connectivity index (χ0v) is 16.4. The van der Waals surface area contributed by atoms with Gasteiger partial charge in [-0.1, -0.05) is 12.1 Å². The van der Waals surface area contributed by atoms with Gasteiger partial charge >= 0.3 is 5.97 Å². The Morgan fingerprint density at radius 1 is 1.04 bits per heavy atom. The summed E-state index contributed by atoms with van der Waals surface area (Å²) < 4.78 is 10.9. The van der Waals surface area contributed by atoms with Gasteiger partial charge in [-0.25, -0.2) is 4.79 Å². The second-order valence-electron chi connectivity index (χ2n) is 7.28. The number of ether oxygens (including phenoxy) is 2. The minimum Gasteiger partial charge on any atom is -0.451 e. The molecule has 1 saturated heterocycles. The van der Waals surface area contributed by atoms with E-state index in [4.69, 9.17) is 9.47 Å². The highest BCUT2D eigenvalue weighted by Crippen LogP contribution is 2.25. The third kappa shape index (κ3) is 3.64. The first-order valence-electron chi connectivity index (χ1n) is 9.32. The third-order valence-corrected chi connectivity index (χ3v) is 4.93. The van der Waals surface area contributed by atoms with Crippen LogP contribution in [-0.2, 0) is 19.1 Å². The molecule has 4 unspecified atom stereocenters. The monoisotopic (exact) mass is 388 g/mol. The highest BCUT2D eigenvalue weighted by Gasteiger charge is 2.42. The van der Waals surface area contributed by atoms with E-state index in [1.807, 2.05) is 13.8 Å². The van der Waals surface area contributed by atoms with E-state index in [0.29, 0.717) is 13.1 Å². The van der Waals surface area contributed by atoms with Crippen molar-refractivity contribution in [2.45, 2.75) is 52.0 Å². The normalized spacial score (nSPS) is 24.0. The van der Waals surface area contributed by atoms with Crippen LogP contribution in [-0.4, -0.2) is 70.9 Å². The molecular weight excluding hydrogens is 364 g/mol. The molecule has 2 aliphatic rings. The Bertz CT molecular complexity index is 778. The van der Waals surface area contributed by atoms with Crippen LogP contribution in [0, 0.1) is 0 Å². The van der Waals surface area contributed by atoms with Gasteiger partial charge in [0.15, 0.2) is 6.10 Å². The first-order chi connectivity index (χ1) is 13.2. The minimum atomic E-state index is -1.13. The van der Waals surface area contributed by atoms with Crippen molar-refractivity contribution in [1.82, 2.24) is 9.80 Å². The number of fused-ring (bicyclic) bond motifs is 1. The molecule has 4 atom stereocenters. The third-order valence-electron chi connectivity index (χ3n) is 4.93. The summed E-state index contributed by atoms with van der Waals surface area (Å²) in [5, 5.41) is 0. The smallest absolute Gasteiger partial charge is 0.329 e. The predicted octanol–water partition coefficient (Wildman–Crippen LogP) is 1.24. The van der Waals surface area contributed by atoms with Gasteiger partial charge in [0.05, 0.1) is 23.3 Å². The van der Waals surface area contributed by atoms with E-state index in [1.165, 1.54) is 13.8 Å². The average Bonchev–Trinajstić information content (AvgIpc) is 2.90. The largest absolute Gasteiger partial charge is 0.451 e. The summed E-state index contributed by atoms with van der Waals surface area (Å²) in [6.07, 6.45) is -1.23. The molecule has 8 nitrogen and oxygen atoms in total. The van der Waals surface area contributed by atoms with Crippen LogP contribution in [0.25, 0.3) is 0 Å². The van der Waals surface area contributed by atoms with E-state index in [1.54, 1.807) is 29.2 Å². The number of carbonyl (C=O) groups excluding carboxylic acids is 4. The van der Waals surface area contributed by atoms with Crippen molar-refractivity contribution in [2.24, 2.45) is 0 Å². The molecule has 0 radical (unpaired) electrons. The lowest BCUT2D eigenvalue weighted by Gasteiger charge is -2.36. The number of amides is 3. The minimum absolute atomic E-state index is 0.104. The molecule has 1 aromatic rings. The summed E-state index contributed by atoms with van der Waals surface area (Å²) in [5.74, 6) is -2.21. The van der Waals surface area contributed by atoms with Crippen molar-refractivity contribution in [2.75, 3.05) is 13.1 Å². The number of benzene rings is 1. The van der Waals surface area contributed by atoms with Gasteiger partial charge in [-0.15, -0.1) is 0 Å². The Balaban J connectivity index is 1.65. The van der Waals surface area contributed by atoms with Gasteiger partial charge < -0.3 is 14.4 Å². The van der Waals surface area contributed by atoms with Gasteiger partial charge in [-0.3, -0.25) is 19.3 Å². The predicted molar refractivity (Wildman–Crippen MR) is 98.5 cm³/mol. The molecule has 3 amide bonds. The van der Waals surface area contributed by atoms with Crippen molar-refractivity contribution < 1.29 is 28.7 Å². The maximum atomic E-state index is 12.6. The van der Waals surface area contributed by atoms with Crippen LogP contribution >= 0.6 is 0 Å². The molecule has 28 heavy (non-hydrogen) atoms. The topological polar surface area (TPSA) is 93.2 Å². The Hall–Kier alpha value is -2.74. The van der Waals surface area contributed by atoms with Crippen molar-refractivity contribution in [3.05, 3.63) is 35.4 Å². The summed E-state index contributed by atoms with van der Waals surface area (Å²) >= 11 is 0. The molecule has 0 spiro atoms. The van der Waals surface area contributed by atoms with Gasteiger partial charge in [0.2, 0.25) is 0 Å². The van der Waals surface area contributed by atoms with Crippen LogP contribution in [0.4, 0.5) is 0 Å². The molecule has 0 aromatic heterocycles. The van der Waals surface area contributed by atoms with Crippen molar-refractivity contribution in [3.63, 3.8) is 0 Å². The Morgan fingerprint density at radius 3 is 2.04 bits per heavy atom. The molecule has 0 aliphatic carbocycles. The molecule has 0 saturated carbocycles. The van der Waals surface area contributed by atoms with Crippen LogP contribution in [0.5, 0.6) is 0 Å². The lowest BCUT2D eigenvalue weighted by Crippen LogP contribution is -2.52. The summed E-state index contributed by atoms with van der Waals surface area (Å²) in [5.41, 5.74) is 0.514. The van der Waals surface area contributed by atoms with Crippen LogP contribution in [0.1, 0.15) is 48.4 Å². The summed E-state index contributed by atoms with van der Waals surface area (Å²) in [6.45, 7) is 7.48. The van der Waals surface area contributed by atoms with Crippen molar-refractivity contribution in [3.8, 4) is 0 Å². The number of hydrogen-bond donors (Lipinski definition) is 0. The van der Waals surface area contributed by atoms with Crippen molar-refractivity contribution >= 4 is 23.7 Å². The van der Waals surface area contributed by atoms with E-state index < -0.39 is 29.9 Å². The number of nitrogens with zero attached hydrogens (tertiary/aromatic N) is 2. The van der Waals surface area contributed by atoms with Crippen LogP contribution in [0.3, 0.4) is 0 Å². The number of imide groups is 1. The van der Waals surface area contributed by atoms with Crippen LogP contribution < -0.4 is 0 Å². The highest BCUT2D eigenvalue weighted by atomic mass is 16.6. The Kier molecular flexibility index (Phi) is 5.51. The molecule has 2 aliphatic heterocycles.